The van der Waals surface area contributed by atoms with E-state index in [0.717, 1.165) is 0 Å². The summed E-state index contributed by atoms with van der Waals surface area (Å²) in [6, 6.07) is 1.73. The standard InChI is InChI=1S/C7H10N2O/c1-3-7(10)6-4-5-8-9(6)2/h4-5H,3H2,1-2H3. The molecule has 0 spiro atoms. The lowest BCUT2D eigenvalue weighted by atomic mass is 10.2. The molecule has 0 amide bonds. The highest BCUT2D eigenvalue weighted by Crippen LogP contribution is 1.99. The van der Waals surface area contributed by atoms with E-state index in [0.29, 0.717) is 12.1 Å². The number of carbonyl (C=O) groups is 1. The van der Waals surface area contributed by atoms with Gasteiger partial charge in [0.25, 0.3) is 0 Å². The zero-order chi connectivity index (χ0) is 7.56. The Hall–Kier alpha value is -1.12. The molecule has 1 rings (SSSR count). The summed E-state index contributed by atoms with van der Waals surface area (Å²) < 4.78 is 1.59. The van der Waals surface area contributed by atoms with Crippen LogP contribution in [0, 0.1) is 0 Å². The number of aryl methyl sites for hydroxylation is 1. The van der Waals surface area contributed by atoms with Gasteiger partial charge in [0.05, 0.1) is 0 Å². The molecule has 0 unspecified atom stereocenters. The van der Waals surface area contributed by atoms with Crippen LogP contribution in [0.4, 0.5) is 0 Å². The van der Waals surface area contributed by atoms with E-state index in [1.54, 1.807) is 24.0 Å². The lowest BCUT2D eigenvalue weighted by molar-refractivity contribution is 0.0979. The normalized spacial score (nSPS) is 9.80. The van der Waals surface area contributed by atoms with Crippen molar-refractivity contribution in [2.24, 2.45) is 7.05 Å². The van der Waals surface area contributed by atoms with Gasteiger partial charge in [-0.1, -0.05) is 6.92 Å². The van der Waals surface area contributed by atoms with Crippen LogP contribution in [0.2, 0.25) is 0 Å². The number of hydrogen-bond acceptors (Lipinski definition) is 2. The Morgan fingerprint density at radius 2 is 2.50 bits per heavy atom. The van der Waals surface area contributed by atoms with Gasteiger partial charge in [0.15, 0.2) is 5.78 Å². The van der Waals surface area contributed by atoms with Crippen LogP contribution in [0.1, 0.15) is 23.8 Å². The van der Waals surface area contributed by atoms with Crippen molar-refractivity contribution in [3.63, 3.8) is 0 Å². The van der Waals surface area contributed by atoms with Crippen LogP contribution in [0.25, 0.3) is 0 Å². The van der Waals surface area contributed by atoms with Gasteiger partial charge in [0, 0.05) is 19.7 Å². The Kier molecular flexibility index (Phi) is 1.85. The van der Waals surface area contributed by atoms with Gasteiger partial charge in [0.1, 0.15) is 5.69 Å². The van der Waals surface area contributed by atoms with Gasteiger partial charge < -0.3 is 0 Å². The average molecular weight is 138 g/mol. The van der Waals surface area contributed by atoms with E-state index in [-0.39, 0.29) is 5.78 Å². The molecular weight excluding hydrogens is 128 g/mol. The molecule has 0 aliphatic carbocycles. The highest BCUT2D eigenvalue weighted by atomic mass is 16.1. The molecule has 0 fully saturated rings. The van der Waals surface area contributed by atoms with Crippen LogP contribution in [-0.4, -0.2) is 15.6 Å². The predicted molar refractivity (Wildman–Crippen MR) is 37.8 cm³/mol. The maximum atomic E-state index is 11.0. The summed E-state index contributed by atoms with van der Waals surface area (Å²) in [5.74, 6) is 0.139. The molecule has 0 aliphatic rings. The zero-order valence-corrected chi connectivity index (χ0v) is 6.16. The van der Waals surface area contributed by atoms with Gasteiger partial charge in [-0.2, -0.15) is 5.10 Å². The average Bonchev–Trinajstić information content (AvgIpc) is 2.34. The number of aromatic nitrogens is 2. The topological polar surface area (TPSA) is 34.9 Å². The summed E-state index contributed by atoms with van der Waals surface area (Å²) in [5, 5.41) is 3.88. The van der Waals surface area contributed by atoms with Crippen molar-refractivity contribution in [1.82, 2.24) is 9.78 Å². The van der Waals surface area contributed by atoms with Crippen LogP contribution in [0.15, 0.2) is 12.3 Å². The van der Waals surface area contributed by atoms with Crippen LogP contribution >= 0.6 is 0 Å². The summed E-state index contributed by atoms with van der Waals surface area (Å²) in [7, 11) is 1.77. The Morgan fingerprint density at radius 1 is 1.80 bits per heavy atom. The van der Waals surface area contributed by atoms with Crippen molar-refractivity contribution in [1.29, 1.82) is 0 Å². The Labute approximate surface area is 59.7 Å². The van der Waals surface area contributed by atoms with Gasteiger partial charge in [-0.25, -0.2) is 0 Å². The number of nitrogens with zero attached hydrogens (tertiary/aromatic N) is 2. The summed E-state index contributed by atoms with van der Waals surface area (Å²) in [6.45, 7) is 1.84. The van der Waals surface area contributed by atoms with Gasteiger partial charge in [-0.05, 0) is 6.07 Å². The maximum absolute atomic E-state index is 11.0. The number of rotatable bonds is 2. The minimum atomic E-state index is 0.139. The molecule has 0 saturated heterocycles. The number of hydrogen-bond donors (Lipinski definition) is 0. The molecular formula is C7H10N2O. The van der Waals surface area contributed by atoms with Gasteiger partial charge in [-0.3, -0.25) is 9.48 Å². The maximum Gasteiger partial charge on any atom is 0.180 e. The van der Waals surface area contributed by atoms with Crippen molar-refractivity contribution < 1.29 is 4.79 Å². The third kappa shape index (κ3) is 1.07. The largest absolute Gasteiger partial charge is 0.292 e. The molecule has 0 radical (unpaired) electrons. The minimum Gasteiger partial charge on any atom is -0.292 e. The van der Waals surface area contributed by atoms with Crippen LogP contribution in [-0.2, 0) is 7.05 Å². The molecule has 0 bridgehead atoms. The van der Waals surface area contributed by atoms with Crippen molar-refractivity contribution in [3.05, 3.63) is 18.0 Å². The molecule has 3 heteroatoms. The summed E-state index contributed by atoms with van der Waals surface area (Å²) in [4.78, 5) is 11.0. The van der Waals surface area contributed by atoms with Gasteiger partial charge >= 0.3 is 0 Å². The SMILES string of the molecule is CCC(=O)c1ccnn1C. The van der Waals surface area contributed by atoms with Crippen LogP contribution < -0.4 is 0 Å². The highest BCUT2D eigenvalue weighted by Gasteiger charge is 2.05. The second-order valence-corrected chi connectivity index (χ2v) is 2.12. The second-order valence-electron chi connectivity index (χ2n) is 2.12. The Bertz CT molecular complexity index is 240. The van der Waals surface area contributed by atoms with Gasteiger partial charge in [-0.15, -0.1) is 0 Å². The van der Waals surface area contributed by atoms with E-state index in [9.17, 15) is 4.79 Å². The van der Waals surface area contributed by atoms with Gasteiger partial charge in [0.2, 0.25) is 0 Å². The van der Waals surface area contributed by atoms with E-state index in [1.807, 2.05) is 6.92 Å². The molecule has 0 saturated carbocycles. The first-order valence-electron chi connectivity index (χ1n) is 3.27. The molecule has 3 nitrogen and oxygen atoms in total. The van der Waals surface area contributed by atoms with E-state index in [2.05, 4.69) is 5.10 Å². The van der Waals surface area contributed by atoms with E-state index in [4.69, 9.17) is 0 Å². The third-order valence-electron chi connectivity index (χ3n) is 1.43. The van der Waals surface area contributed by atoms with Crippen LogP contribution in [0.3, 0.4) is 0 Å². The number of Topliss-reactive ketones (excluding diaryl/α,β-unsaturated/α-hetero) is 1. The fraction of sp³-hybridized carbons (Fsp3) is 0.429. The third-order valence-corrected chi connectivity index (χ3v) is 1.43. The second kappa shape index (κ2) is 2.64. The monoisotopic (exact) mass is 138 g/mol. The predicted octanol–water partition coefficient (Wildman–Crippen LogP) is 1.01. The lowest BCUT2D eigenvalue weighted by Crippen LogP contribution is -2.04. The summed E-state index contributed by atoms with van der Waals surface area (Å²) >= 11 is 0. The number of carbonyl (C=O) groups excluding carboxylic acids is 1. The molecule has 1 aromatic heterocycles. The smallest absolute Gasteiger partial charge is 0.180 e. The molecule has 1 aromatic rings. The first-order valence-corrected chi connectivity index (χ1v) is 3.27. The summed E-state index contributed by atoms with van der Waals surface area (Å²) in [6.07, 6.45) is 2.17. The molecule has 10 heavy (non-hydrogen) atoms. The Morgan fingerprint density at radius 3 is 2.90 bits per heavy atom. The minimum absolute atomic E-state index is 0.139. The number of ketones is 1. The van der Waals surface area contributed by atoms with E-state index < -0.39 is 0 Å². The molecule has 0 N–H and O–H groups in total. The van der Waals surface area contributed by atoms with Crippen molar-refractivity contribution >= 4 is 5.78 Å². The molecule has 0 aliphatic heterocycles. The highest BCUT2D eigenvalue weighted by molar-refractivity contribution is 5.94. The quantitative estimate of drug-likeness (QED) is 0.572. The molecule has 54 valence electrons. The molecule has 0 atom stereocenters. The zero-order valence-electron chi connectivity index (χ0n) is 6.16. The Balaban J connectivity index is 2.93. The summed E-state index contributed by atoms with van der Waals surface area (Å²) in [5.41, 5.74) is 0.683. The molecule has 1 heterocycles. The first kappa shape index (κ1) is 6.99. The first-order chi connectivity index (χ1) is 4.75. The van der Waals surface area contributed by atoms with Crippen molar-refractivity contribution in [2.45, 2.75) is 13.3 Å². The van der Waals surface area contributed by atoms with Crippen molar-refractivity contribution in [3.8, 4) is 0 Å². The molecule has 0 aromatic carbocycles. The van der Waals surface area contributed by atoms with Crippen molar-refractivity contribution in [2.75, 3.05) is 0 Å². The van der Waals surface area contributed by atoms with E-state index >= 15 is 0 Å². The lowest BCUT2D eigenvalue weighted by Gasteiger charge is -1.95. The fourth-order valence-electron chi connectivity index (χ4n) is 0.829. The van der Waals surface area contributed by atoms with Crippen LogP contribution in [0.5, 0.6) is 0 Å². The van der Waals surface area contributed by atoms with E-state index in [1.165, 1.54) is 0 Å². The fourth-order valence-corrected chi connectivity index (χ4v) is 0.829.